The van der Waals surface area contributed by atoms with E-state index >= 15 is 0 Å². The van der Waals surface area contributed by atoms with Crippen molar-refractivity contribution in [3.05, 3.63) is 66.1 Å². The van der Waals surface area contributed by atoms with Crippen LogP contribution in [0, 0.1) is 0 Å². The molecule has 1 saturated heterocycles. The number of hydrogen-bond donors (Lipinski definition) is 1. The van der Waals surface area contributed by atoms with Crippen LogP contribution in [0.2, 0.25) is 0 Å². The quantitative estimate of drug-likeness (QED) is 0.376. The minimum absolute atomic E-state index is 0.593. The van der Waals surface area contributed by atoms with Gasteiger partial charge in [0.2, 0.25) is 0 Å². The summed E-state index contributed by atoms with van der Waals surface area (Å²) in [5, 5.41) is 3.57. The van der Waals surface area contributed by atoms with Crippen LogP contribution in [0.4, 0.5) is 17.2 Å². The van der Waals surface area contributed by atoms with Crippen molar-refractivity contribution in [2.24, 2.45) is 7.05 Å². The lowest BCUT2D eigenvalue weighted by Crippen LogP contribution is -2.44. The Morgan fingerprint density at radius 3 is 2.57 bits per heavy atom. The molecule has 0 unspecified atom stereocenters. The first kappa shape index (κ1) is 23.5. The molecule has 35 heavy (non-hydrogen) atoms. The number of rotatable bonds is 7. The van der Waals surface area contributed by atoms with E-state index in [1.54, 1.807) is 18.9 Å². The second-order valence-corrected chi connectivity index (χ2v) is 9.79. The van der Waals surface area contributed by atoms with Crippen LogP contribution >= 0.6 is 11.8 Å². The smallest absolute Gasteiger partial charge is 0.158 e. The van der Waals surface area contributed by atoms with Gasteiger partial charge in [0.05, 0.1) is 18.3 Å². The molecule has 3 heterocycles. The molecular formula is C27H32N6OS. The van der Waals surface area contributed by atoms with Crippen molar-refractivity contribution < 1.29 is 4.74 Å². The topological polar surface area (TPSA) is 58.5 Å². The van der Waals surface area contributed by atoms with Gasteiger partial charge in [-0.3, -0.25) is 0 Å². The molecule has 5 rings (SSSR count). The van der Waals surface area contributed by atoms with Crippen LogP contribution in [-0.4, -0.2) is 66.0 Å². The zero-order valence-electron chi connectivity index (χ0n) is 20.8. The summed E-state index contributed by atoms with van der Waals surface area (Å²) in [5.41, 5.74) is 5.24. The first-order chi connectivity index (χ1) is 17.1. The molecule has 0 aliphatic carbocycles. The molecule has 4 aromatic rings. The van der Waals surface area contributed by atoms with Gasteiger partial charge in [-0.1, -0.05) is 18.2 Å². The molecule has 1 aliphatic rings. The third-order valence-corrected chi connectivity index (χ3v) is 7.41. The van der Waals surface area contributed by atoms with E-state index in [1.807, 2.05) is 25.4 Å². The molecule has 2 aromatic heterocycles. The van der Waals surface area contributed by atoms with Crippen molar-refractivity contribution in [2.75, 3.05) is 56.8 Å². The summed E-state index contributed by atoms with van der Waals surface area (Å²) in [6, 6.07) is 16.8. The van der Waals surface area contributed by atoms with E-state index in [0.717, 1.165) is 65.9 Å². The van der Waals surface area contributed by atoms with Crippen LogP contribution in [0.5, 0.6) is 5.75 Å². The standard InChI is InChI=1S/C27H32N6OS/c1-31-13-15-33(16-14-31)20-10-9-19(23(18-20)34-3)17-25-28-22-11-12-32(2)26(22)27(30-25)29-21-7-5-6-8-24(21)35-4/h5-12,18H,13-17H2,1-4H3,(H,28,29,30). The number of ether oxygens (including phenoxy) is 1. The number of fused-ring (bicyclic) bond motifs is 1. The Kier molecular flexibility index (Phi) is 6.83. The van der Waals surface area contributed by atoms with Gasteiger partial charge < -0.3 is 24.4 Å². The van der Waals surface area contributed by atoms with Gasteiger partial charge in [-0.05, 0) is 37.6 Å². The number of anilines is 3. The molecule has 7 nitrogen and oxygen atoms in total. The largest absolute Gasteiger partial charge is 0.496 e. The van der Waals surface area contributed by atoms with Crippen molar-refractivity contribution in [3.63, 3.8) is 0 Å². The lowest BCUT2D eigenvalue weighted by molar-refractivity contribution is 0.312. The Labute approximate surface area is 211 Å². The van der Waals surface area contributed by atoms with E-state index in [9.17, 15) is 0 Å². The Morgan fingerprint density at radius 1 is 1.00 bits per heavy atom. The van der Waals surface area contributed by atoms with Gasteiger partial charge >= 0.3 is 0 Å². The number of methoxy groups -OCH3 is 1. The number of hydrogen-bond acceptors (Lipinski definition) is 7. The summed E-state index contributed by atoms with van der Waals surface area (Å²) < 4.78 is 7.87. The Bertz CT molecular complexity index is 1330. The van der Waals surface area contributed by atoms with E-state index in [2.05, 4.69) is 69.4 Å². The highest BCUT2D eigenvalue weighted by molar-refractivity contribution is 7.98. The summed E-state index contributed by atoms with van der Waals surface area (Å²) in [5.74, 6) is 2.45. The van der Waals surface area contributed by atoms with Gasteiger partial charge in [-0.15, -0.1) is 11.8 Å². The van der Waals surface area contributed by atoms with Gasteiger partial charge in [-0.25, -0.2) is 9.97 Å². The SMILES string of the molecule is COc1cc(N2CCN(C)CC2)ccc1Cc1nc(Nc2ccccc2SC)c2c(ccn2C)n1. The summed E-state index contributed by atoms with van der Waals surface area (Å²) in [7, 11) is 5.94. The summed E-state index contributed by atoms with van der Waals surface area (Å²) >= 11 is 1.72. The molecule has 182 valence electrons. The molecule has 0 saturated carbocycles. The molecule has 0 radical (unpaired) electrons. The fourth-order valence-corrected chi connectivity index (χ4v) is 5.15. The molecule has 8 heteroatoms. The van der Waals surface area contributed by atoms with Crippen LogP contribution in [0.1, 0.15) is 11.4 Å². The zero-order valence-corrected chi connectivity index (χ0v) is 21.6. The Morgan fingerprint density at radius 2 is 1.80 bits per heavy atom. The lowest BCUT2D eigenvalue weighted by Gasteiger charge is -2.34. The highest BCUT2D eigenvalue weighted by atomic mass is 32.2. The van der Waals surface area contributed by atoms with E-state index in [4.69, 9.17) is 14.7 Å². The third kappa shape index (κ3) is 4.94. The maximum absolute atomic E-state index is 5.80. The fraction of sp³-hybridized carbons (Fsp3) is 0.333. The van der Waals surface area contributed by atoms with Crippen LogP contribution in [0.3, 0.4) is 0 Å². The lowest BCUT2D eigenvalue weighted by atomic mass is 10.1. The van der Waals surface area contributed by atoms with Gasteiger partial charge in [0.1, 0.15) is 17.1 Å². The van der Waals surface area contributed by atoms with Gasteiger partial charge in [0.15, 0.2) is 5.82 Å². The minimum atomic E-state index is 0.593. The number of likely N-dealkylation sites (N-methyl/N-ethyl adjacent to an activating group) is 1. The predicted octanol–water partition coefficient (Wildman–Crippen LogP) is 4.79. The average molecular weight is 489 g/mol. The van der Waals surface area contributed by atoms with Gasteiger partial charge in [-0.2, -0.15) is 0 Å². The van der Waals surface area contributed by atoms with Crippen LogP contribution < -0.4 is 15.0 Å². The zero-order chi connectivity index (χ0) is 24.4. The number of nitrogens with one attached hydrogen (secondary N) is 1. The van der Waals surface area contributed by atoms with Gasteiger partial charge in [0.25, 0.3) is 0 Å². The predicted molar refractivity (Wildman–Crippen MR) is 146 cm³/mol. The van der Waals surface area contributed by atoms with Crippen LogP contribution in [0.25, 0.3) is 11.0 Å². The van der Waals surface area contributed by atoms with Crippen LogP contribution in [-0.2, 0) is 13.5 Å². The van der Waals surface area contributed by atoms with Crippen molar-refractivity contribution in [3.8, 4) is 5.75 Å². The summed E-state index contributed by atoms with van der Waals surface area (Å²) in [6.45, 7) is 4.20. The summed E-state index contributed by atoms with van der Waals surface area (Å²) in [6.07, 6.45) is 4.71. The number of nitrogens with zero attached hydrogens (tertiary/aromatic N) is 5. The van der Waals surface area contributed by atoms with E-state index in [-0.39, 0.29) is 0 Å². The molecule has 1 fully saturated rings. The van der Waals surface area contributed by atoms with Gasteiger partial charge in [0, 0.05) is 68.1 Å². The Hall–Kier alpha value is -3.23. The highest BCUT2D eigenvalue weighted by Crippen LogP contribution is 2.32. The maximum atomic E-state index is 5.80. The molecule has 0 atom stereocenters. The molecule has 0 bridgehead atoms. The Balaban J connectivity index is 1.46. The number of para-hydroxylation sites is 1. The number of benzene rings is 2. The first-order valence-corrected chi connectivity index (χ1v) is 13.1. The third-order valence-electron chi connectivity index (χ3n) is 6.61. The average Bonchev–Trinajstić information content (AvgIpc) is 3.25. The van der Waals surface area contributed by atoms with Crippen molar-refractivity contribution in [2.45, 2.75) is 11.3 Å². The summed E-state index contributed by atoms with van der Waals surface area (Å²) in [4.78, 5) is 15.8. The number of aromatic nitrogens is 3. The molecule has 1 aliphatic heterocycles. The monoisotopic (exact) mass is 488 g/mol. The maximum Gasteiger partial charge on any atom is 0.158 e. The normalized spacial score (nSPS) is 14.5. The molecule has 1 N–H and O–H groups in total. The highest BCUT2D eigenvalue weighted by Gasteiger charge is 2.18. The molecule has 2 aromatic carbocycles. The number of piperazine rings is 1. The fourth-order valence-electron chi connectivity index (χ4n) is 4.59. The van der Waals surface area contributed by atoms with Crippen LogP contribution in [0.15, 0.2) is 59.6 Å². The second-order valence-electron chi connectivity index (χ2n) is 8.94. The second kappa shape index (κ2) is 10.2. The van der Waals surface area contributed by atoms with Crippen molar-refractivity contribution >= 4 is 40.0 Å². The van der Waals surface area contributed by atoms with E-state index < -0.39 is 0 Å². The van der Waals surface area contributed by atoms with Crippen molar-refractivity contribution in [1.82, 2.24) is 19.4 Å². The first-order valence-electron chi connectivity index (χ1n) is 11.9. The minimum Gasteiger partial charge on any atom is -0.496 e. The number of thioether (sulfide) groups is 1. The molecular weight excluding hydrogens is 456 g/mol. The van der Waals surface area contributed by atoms with E-state index in [1.165, 1.54) is 10.6 Å². The molecule has 0 spiro atoms. The molecule has 0 amide bonds. The number of aryl methyl sites for hydroxylation is 1. The van der Waals surface area contributed by atoms with Crippen molar-refractivity contribution in [1.29, 1.82) is 0 Å². The van der Waals surface area contributed by atoms with E-state index in [0.29, 0.717) is 6.42 Å².